The first-order valence-corrected chi connectivity index (χ1v) is 4.84. The third kappa shape index (κ3) is 3.58. The van der Waals surface area contributed by atoms with Gasteiger partial charge in [0.1, 0.15) is 5.82 Å². The van der Waals surface area contributed by atoms with E-state index in [1.54, 1.807) is 6.07 Å². The van der Waals surface area contributed by atoms with Crippen LogP contribution >= 0.6 is 0 Å². The molecular weight excluding hydrogens is 195 g/mol. The molecule has 3 N–H and O–H groups in total. The van der Waals surface area contributed by atoms with E-state index in [1.165, 1.54) is 12.1 Å². The van der Waals surface area contributed by atoms with E-state index in [2.05, 4.69) is 5.32 Å². The molecule has 0 spiro atoms. The monoisotopic (exact) mass is 210 g/mol. The predicted molar refractivity (Wildman–Crippen MR) is 58.9 cm³/mol. The SMILES string of the molecule is CC(C)CC(=O)Nc1ccc(N)cc1F. The second-order valence-corrected chi connectivity index (χ2v) is 3.89. The Labute approximate surface area is 88.5 Å². The van der Waals surface area contributed by atoms with Gasteiger partial charge in [-0.05, 0) is 24.1 Å². The van der Waals surface area contributed by atoms with Crippen LogP contribution in [0.1, 0.15) is 20.3 Å². The van der Waals surface area contributed by atoms with Crippen molar-refractivity contribution in [3.8, 4) is 0 Å². The molecule has 0 saturated heterocycles. The van der Waals surface area contributed by atoms with Crippen molar-refractivity contribution in [1.29, 1.82) is 0 Å². The summed E-state index contributed by atoms with van der Waals surface area (Å²) in [5.74, 6) is -0.442. The number of nitrogen functional groups attached to an aromatic ring is 1. The maximum atomic E-state index is 13.3. The van der Waals surface area contributed by atoms with Crippen molar-refractivity contribution in [3.63, 3.8) is 0 Å². The molecule has 0 fully saturated rings. The van der Waals surface area contributed by atoms with Gasteiger partial charge in [-0.15, -0.1) is 0 Å². The van der Waals surface area contributed by atoms with Gasteiger partial charge in [0.25, 0.3) is 0 Å². The fraction of sp³-hybridized carbons (Fsp3) is 0.364. The third-order valence-corrected chi connectivity index (χ3v) is 1.86. The summed E-state index contributed by atoms with van der Waals surface area (Å²) in [6, 6.07) is 4.20. The highest BCUT2D eigenvalue weighted by Crippen LogP contribution is 2.17. The lowest BCUT2D eigenvalue weighted by atomic mass is 10.1. The molecule has 4 heteroatoms. The number of halogens is 1. The van der Waals surface area contributed by atoms with E-state index in [9.17, 15) is 9.18 Å². The topological polar surface area (TPSA) is 55.1 Å². The van der Waals surface area contributed by atoms with Crippen LogP contribution in [0.25, 0.3) is 0 Å². The highest BCUT2D eigenvalue weighted by Gasteiger charge is 2.08. The summed E-state index contributed by atoms with van der Waals surface area (Å²) in [6.45, 7) is 3.86. The first-order valence-electron chi connectivity index (χ1n) is 4.84. The summed E-state index contributed by atoms with van der Waals surface area (Å²) in [5, 5.41) is 2.50. The Balaban J connectivity index is 2.68. The van der Waals surface area contributed by atoms with E-state index in [-0.39, 0.29) is 17.5 Å². The maximum Gasteiger partial charge on any atom is 0.224 e. The first kappa shape index (κ1) is 11.5. The summed E-state index contributed by atoms with van der Waals surface area (Å²) >= 11 is 0. The van der Waals surface area contributed by atoms with E-state index < -0.39 is 5.82 Å². The summed E-state index contributed by atoms with van der Waals surface area (Å²) in [4.78, 5) is 11.4. The van der Waals surface area contributed by atoms with Crippen molar-refractivity contribution < 1.29 is 9.18 Å². The number of rotatable bonds is 3. The number of hydrogen-bond acceptors (Lipinski definition) is 2. The number of nitrogens with two attached hydrogens (primary N) is 1. The lowest BCUT2D eigenvalue weighted by Gasteiger charge is -2.08. The van der Waals surface area contributed by atoms with Gasteiger partial charge in [-0.3, -0.25) is 4.79 Å². The zero-order valence-corrected chi connectivity index (χ0v) is 8.88. The van der Waals surface area contributed by atoms with E-state index in [4.69, 9.17) is 5.73 Å². The second kappa shape index (κ2) is 4.77. The lowest BCUT2D eigenvalue weighted by Crippen LogP contribution is -2.14. The van der Waals surface area contributed by atoms with Gasteiger partial charge in [0.05, 0.1) is 5.69 Å². The quantitative estimate of drug-likeness (QED) is 0.752. The minimum Gasteiger partial charge on any atom is -0.399 e. The standard InChI is InChI=1S/C11H15FN2O/c1-7(2)5-11(15)14-10-4-3-8(13)6-9(10)12/h3-4,6-7H,5,13H2,1-2H3,(H,14,15). The largest absolute Gasteiger partial charge is 0.399 e. The van der Waals surface area contributed by atoms with Crippen LogP contribution in [0.2, 0.25) is 0 Å². The lowest BCUT2D eigenvalue weighted by molar-refractivity contribution is -0.116. The summed E-state index contributed by atoms with van der Waals surface area (Å²) in [6.07, 6.45) is 0.379. The van der Waals surface area contributed by atoms with Crippen molar-refractivity contribution in [3.05, 3.63) is 24.0 Å². The Bertz CT molecular complexity index is 364. The third-order valence-electron chi connectivity index (χ3n) is 1.86. The van der Waals surface area contributed by atoms with Crippen LogP contribution < -0.4 is 11.1 Å². The normalized spacial score (nSPS) is 10.4. The second-order valence-electron chi connectivity index (χ2n) is 3.89. The fourth-order valence-corrected chi connectivity index (χ4v) is 1.20. The number of carbonyl (C=O) groups is 1. The molecule has 0 aliphatic heterocycles. The highest BCUT2D eigenvalue weighted by molar-refractivity contribution is 5.91. The van der Waals surface area contributed by atoms with Crippen LogP contribution in [0.15, 0.2) is 18.2 Å². The molecule has 1 aromatic carbocycles. The zero-order chi connectivity index (χ0) is 11.4. The fourth-order valence-electron chi connectivity index (χ4n) is 1.20. The molecule has 15 heavy (non-hydrogen) atoms. The van der Waals surface area contributed by atoms with Crippen LogP contribution in [0, 0.1) is 11.7 Å². The van der Waals surface area contributed by atoms with Gasteiger partial charge in [-0.25, -0.2) is 4.39 Å². The molecule has 0 aliphatic rings. The average molecular weight is 210 g/mol. The van der Waals surface area contributed by atoms with Crippen LogP contribution in [-0.4, -0.2) is 5.91 Å². The van der Waals surface area contributed by atoms with E-state index in [1.807, 2.05) is 13.8 Å². The van der Waals surface area contributed by atoms with Crippen molar-refractivity contribution in [2.24, 2.45) is 5.92 Å². The molecule has 82 valence electrons. The molecule has 0 heterocycles. The van der Waals surface area contributed by atoms with Gasteiger partial charge in [0.2, 0.25) is 5.91 Å². The Kier molecular flexibility index (Phi) is 3.66. The van der Waals surface area contributed by atoms with Gasteiger partial charge in [0, 0.05) is 12.1 Å². The van der Waals surface area contributed by atoms with E-state index in [0.29, 0.717) is 12.1 Å². The molecule has 3 nitrogen and oxygen atoms in total. The molecule has 1 rings (SSSR count). The molecule has 0 aromatic heterocycles. The minimum atomic E-state index is -0.507. The van der Waals surface area contributed by atoms with Crippen LogP contribution in [-0.2, 0) is 4.79 Å². The molecule has 1 aromatic rings. The number of carbonyl (C=O) groups excluding carboxylic acids is 1. The Morgan fingerprint density at radius 3 is 2.73 bits per heavy atom. The molecule has 0 bridgehead atoms. The summed E-state index contributed by atoms with van der Waals surface area (Å²) in [5.41, 5.74) is 5.90. The number of hydrogen-bond donors (Lipinski definition) is 2. The molecule has 0 saturated carbocycles. The highest BCUT2D eigenvalue weighted by atomic mass is 19.1. The van der Waals surface area contributed by atoms with Gasteiger partial charge >= 0.3 is 0 Å². The van der Waals surface area contributed by atoms with Crippen molar-refractivity contribution in [1.82, 2.24) is 0 Å². The summed E-state index contributed by atoms with van der Waals surface area (Å²) < 4.78 is 13.3. The summed E-state index contributed by atoms with van der Waals surface area (Å²) in [7, 11) is 0. The molecule has 0 unspecified atom stereocenters. The van der Waals surface area contributed by atoms with Crippen LogP contribution in [0.4, 0.5) is 15.8 Å². The van der Waals surface area contributed by atoms with Gasteiger partial charge in [-0.2, -0.15) is 0 Å². The minimum absolute atomic E-state index is 0.176. The van der Waals surface area contributed by atoms with Gasteiger partial charge in [0.15, 0.2) is 0 Å². The van der Waals surface area contributed by atoms with Crippen LogP contribution in [0.3, 0.4) is 0 Å². The first-order chi connectivity index (χ1) is 6.99. The number of anilines is 2. The Morgan fingerprint density at radius 2 is 2.20 bits per heavy atom. The van der Waals surface area contributed by atoms with Crippen molar-refractivity contribution >= 4 is 17.3 Å². The molecule has 0 radical (unpaired) electrons. The van der Waals surface area contributed by atoms with Gasteiger partial charge in [-0.1, -0.05) is 13.8 Å². The number of amides is 1. The van der Waals surface area contributed by atoms with Crippen molar-refractivity contribution in [2.45, 2.75) is 20.3 Å². The smallest absolute Gasteiger partial charge is 0.224 e. The Hall–Kier alpha value is -1.58. The van der Waals surface area contributed by atoms with Crippen LogP contribution in [0.5, 0.6) is 0 Å². The average Bonchev–Trinajstić information content (AvgIpc) is 2.08. The molecule has 0 aliphatic carbocycles. The number of nitrogens with one attached hydrogen (secondary N) is 1. The van der Waals surface area contributed by atoms with Crippen molar-refractivity contribution in [2.75, 3.05) is 11.1 Å². The molecular formula is C11H15FN2O. The molecule has 0 atom stereocenters. The Morgan fingerprint density at radius 1 is 1.53 bits per heavy atom. The maximum absolute atomic E-state index is 13.3. The van der Waals surface area contributed by atoms with E-state index in [0.717, 1.165) is 0 Å². The predicted octanol–water partition coefficient (Wildman–Crippen LogP) is 2.39. The number of benzene rings is 1. The molecule has 1 amide bonds. The van der Waals surface area contributed by atoms with Gasteiger partial charge < -0.3 is 11.1 Å². The zero-order valence-electron chi connectivity index (χ0n) is 8.88. The van der Waals surface area contributed by atoms with E-state index >= 15 is 0 Å².